The van der Waals surface area contributed by atoms with Gasteiger partial charge in [0.1, 0.15) is 17.2 Å². The van der Waals surface area contributed by atoms with E-state index in [9.17, 15) is 4.79 Å². The van der Waals surface area contributed by atoms with Crippen LogP contribution in [-0.2, 0) is 10.3 Å². The van der Waals surface area contributed by atoms with Crippen molar-refractivity contribution in [3.8, 4) is 17.2 Å². The summed E-state index contributed by atoms with van der Waals surface area (Å²) in [5, 5.41) is 1.81. The third-order valence-electron chi connectivity index (χ3n) is 7.69. The molecule has 0 N–H and O–H groups in total. The van der Waals surface area contributed by atoms with Crippen molar-refractivity contribution < 1.29 is 23.7 Å². The highest BCUT2D eigenvalue weighted by Crippen LogP contribution is 2.45. The molecule has 214 valence electrons. The predicted molar refractivity (Wildman–Crippen MR) is 171 cm³/mol. The van der Waals surface area contributed by atoms with Gasteiger partial charge in [0, 0.05) is 16.5 Å². The van der Waals surface area contributed by atoms with Crippen LogP contribution >= 0.6 is 0 Å². The molecule has 0 bridgehead atoms. The predicted octanol–water partition coefficient (Wildman–Crippen LogP) is 8.47. The van der Waals surface area contributed by atoms with Gasteiger partial charge >= 0.3 is 5.97 Å². The smallest absolute Gasteiger partial charge is 0.338 e. The highest BCUT2D eigenvalue weighted by molar-refractivity contribution is 6.04. The average Bonchev–Trinajstić information content (AvgIpc) is 3.07. The Hall–Kier alpha value is -5.29. The third kappa shape index (κ3) is 5.38. The molecule has 0 aromatic heterocycles. The number of methoxy groups -OCH3 is 2. The monoisotopic (exact) mass is 568 g/mol. The maximum atomic E-state index is 13.1. The molecule has 5 aromatic rings. The van der Waals surface area contributed by atoms with Crippen LogP contribution in [0.4, 0.5) is 0 Å². The van der Waals surface area contributed by atoms with Gasteiger partial charge in [-0.1, -0.05) is 78.9 Å². The van der Waals surface area contributed by atoms with Crippen molar-refractivity contribution in [3.63, 3.8) is 0 Å². The van der Waals surface area contributed by atoms with E-state index in [4.69, 9.17) is 18.9 Å². The summed E-state index contributed by atoms with van der Waals surface area (Å²) in [6.07, 6.45) is 6.16. The largest absolute Gasteiger partial charge is 0.497 e. The van der Waals surface area contributed by atoms with E-state index in [0.29, 0.717) is 16.9 Å². The lowest BCUT2D eigenvalue weighted by Gasteiger charge is -2.35. The zero-order valence-electron chi connectivity index (χ0n) is 24.4. The van der Waals surface area contributed by atoms with Crippen LogP contribution in [0.15, 0.2) is 121 Å². The minimum Gasteiger partial charge on any atom is -0.497 e. The zero-order valence-corrected chi connectivity index (χ0v) is 24.4. The Morgan fingerprint density at radius 2 is 1.40 bits per heavy atom. The Morgan fingerprint density at radius 3 is 2.00 bits per heavy atom. The first-order chi connectivity index (χ1) is 21.0. The molecule has 1 aliphatic heterocycles. The SMILES string of the molecule is CCOC(=O)c1cc2ccccc2c2c1C=CC(C=C(c1ccc(OC)cc1)c1ccc(OC)cc1)(c1ccccc1)O2. The zero-order chi connectivity index (χ0) is 29.8. The molecule has 0 radical (unpaired) electrons. The molecule has 1 unspecified atom stereocenters. The van der Waals surface area contributed by atoms with Gasteiger partial charge in [0.2, 0.25) is 0 Å². The number of rotatable bonds is 8. The van der Waals surface area contributed by atoms with Crippen molar-refractivity contribution in [2.75, 3.05) is 20.8 Å². The van der Waals surface area contributed by atoms with Crippen LogP contribution in [0.1, 0.15) is 39.5 Å². The highest BCUT2D eigenvalue weighted by atomic mass is 16.5. The molecular formula is C38H32O5. The lowest BCUT2D eigenvalue weighted by atomic mass is 9.84. The summed E-state index contributed by atoms with van der Waals surface area (Å²) < 4.78 is 23.5. The van der Waals surface area contributed by atoms with Crippen molar-refractivity contribution in [1.29, 1.82) is 0 Å². The fourth-order valence-corrected chi connectivity index (χ4v) is 5.50. The molecule has 0 spiro atoms. The minimum absolute atomic E-state index is 0.286. The number of fused-ring (bicyclic) bond motifs is 3. The van der Waals surface area contributed by atoms with E-state index in [1.165, 1.54) is 0 Å². The molecule has 6 rings (SSSR count). The maximum absolute atomic E-state index is 13.1. The summed E-state index contributed by atoms with van der Waals surface area (Å²) in [4.78, 5) is 13.1. The normalized spacial score (nSPS) is 15.2. The number of hydrogen-bond acceptors (Lipinski definition) is 5. The molecule has 0 saturated heterocycles. The summed E-state index contributed by atoms with van der Waals surface area (Å²) in [6.45, 7) is 2.09. The van der Waals surface area contributed by atoms with Gasteiger partial charge < -0.3 is 18.9 Å². The van der Waals surface area contributed by atoms with Gasteiger partial charge in [0.25, 0.3) is 0 Å². The molecule has 1 atom stereocenters. The minimum atomic E-state index is -1.00. The summed E-state index contributed by atoms with van der Waals surface area (Å²) in [5.41, 5.74) is 4.08. The molecule has 0 aliphatic carbocycles. The molecule has 0 amide bonds. The van der Waals surface area contributed by atoms with Gasteiger partial charge in [-0.3, -0.25) is 0 Å². The summed E-state index contributed by atoms with van der Waals surface area (Å²) in [7, 11) is 3.32. The second-order valence-corrected chi connectivity index (χ2v) is 10.2. The Balaban J connectivity index is 1.61. The highest BCUT2D eigenvalue weighted by Gasteiger charge is 2.36. The van der Waals surface area contributed by atoms with Crippen LogP contribution in [0.2, 0.25) is 0 Å². The van der Waals surface area contributed by atoms with Crippen LogP contribution in [0.5, 0.6) is 17.2 Å². The van der Waals surface area contributed by atoms with E-state index in [2.05, 4.69) is 18.2 Å². The topological polar surface area (TPSA) is 54.0 Å². The first-order valence-corrected chi connectivity index (χ1v) is 14.2. The summed E-state index contributed by atoms with van der Waals surface area (Å²) >= 11 is 0. The van der Waals surface area contributed by atoms with Gasteiger partial charge in [0.05, 0.1) is 26.4 Å². The first-order valence-electron chi connectivity index (χ1n) is 14.2. The molecular weight excluding hydrogens is 536 g/mol. The van der Waals surface area contributed by atoms with Crippen molar-refractivity contribution in [1.82, 2.24) is 0 Å². The van der Waals surface area contributed by atoms with Gasteiger partial charge in [-0.05, 0) is 77.6 Å². The van der Waals surface area contributed by atoms with E-state index in [1.807, 2.05) is 116 Å². The lowest BCUT2D eigenvalue weighted by molar-refractivity contribution is 0.0525. The van der Waals surface area contributed by atoms with Crippen molar-refractivity contribution in [2.45, 2.75) is 12.5 Å². The molecule has 5 aromatic carbocycles. The van der Waals surface area contributed by atoms with E-state index in [-0.39, 0.29) is 12.6 Å². The van der Waals surface area contributed by atoms with Crippen LogP contribution in [0.25, 0.3) is 22.4 Å². The number of benzene rings is 5. The third-order valence-corrected chi connectivity index (χ3v) is 7.69. The molecule has 1 heterocycles. The van der Waals surface area contributed by atoms with Crippen LogP contribution in [0.3, 0.4) is 0 Å². The fraction of sp³-hybridized carbons (Fsp3) is 0.132. The lowest BCUT2D eigenvalue weighted by Crippen LogP contribution is -2.32. The number of carbonyl (C=O) groups excluding carboxylic acids is 1. The fourth-order valence-electron chi connectivity index (χ4n) is 5.50. The maximum Gasteiger partial charge on any atom is 0.338 e. The number of hydrogen-bond donors (Lipinski definition) is 0. The van der Waals surface area contributed by atoms with Crippen molar-refractivity contribution in [3.05, 3.63) is 149 Å². The van der Waals surface area contributed by atoms with E-state index >= 15 is 0 Å². The number of esters is 1. The average molecular weight is 569 g/mol. The molecule has 1 aliphatic rings. The number of ether oxygens (including phenoxy) is 4. The van der Waals surface area contributed by atoms with Crippen LogP contribution < -0.4 is 14.2 Å². The van der Waals surface area contributed by atoms with E-state index in [0.717, 1.165) is 44.5 Å². The second kappa shape index (κ2) is 11.9. The molecule has 0 saturated carbocycles. The Kier molecular flexibility index (Phi) is 7.71. The van der Waals surface area contributed by atoms with Gasteiger partial charge in [-0.15, -0.1) is 0 Å². The van der Waals surface area contributed by atoms with Gasteiger partial charge in [0.15, 0.2) is 5.60 Å². The van der Waals surface area contributed by atoms with Crippen molar-refractivity contribution in [2.24, 2.45) is 0 Å². The van der Waals surface area contributed by atoms with Crippen LogP contribution in [-0.4, -0.2) is 26.8 Å². The summed E-state index contributed by atoms with van der Waals surface area (Å²) in [5.74, 6) is 1.80. The molecule has 5 nitrogen and oxygen atoms in total. The molecule has 43 heavy (non-hydrogen) atoms. The molecule has 0 fully saturated rings. The Morgan fingerprint density at radius 1 is 0.791 bits per heavy atom. The van der Waals surface area contributed by atoms with Gasteiger partial charge in [-0.2, -0.15) is 0 Å². The summed E-state index contributed by atoms with van der Waals surface area (Å²) in [6, 6.07) is 35.9. The second-order valence-electron chi connectivity index (χ2n) is 10.2. The van der Waals surface area contributed by atoms with E-state index in [1.54, 1.807) is 14.2 Å². The van der Waals surface area contributed by atoms with Gasteiger partial charge in [-0.25, -0.2) is 4.79 Å². The Bertz CT molecular complexity index is 1770. The van der Waals surface area contributed by atoms with Crippen molar-refractivity contribution >= 4 is 28.4 Å². The first kappa shape index (κ1) is 27.9. The Labute approximate surface area is 251 Å². The number of carbonyl (C=O) groups is 1. The van der Waals surface area contributed by atoms with E-state index < -0.39 is 5.60 Å². The molecule has 5 heteroatoms. The quantitative estimate of drug-likeness (QED) is 0.176. The standard InChI is InChI=1S/C38H32O5/c1-4-42-37(39)34-24-28-10-8-9-13-32(28)36-33(34)22-23-38(43-36,29-11-6-5-7-12-29)25-35(26-14-18-30(40-2)19-15-26)27-16-20-31(41-3)21-17-27/h5-25H,4H2,1-3H3. The van der Waals surface area contributed by atoms with Crippen LogP contribution in [0, 0.1) is 0 Å².